The molecule has 0 bridgehead atoms. The lowest BCUT2D eigenvalue weighted by Crippen LogP contribution is -2.23. The number of halogens is 1. The molecule has 0 aliphatic heterocycles. The molecule has 14 heavy (non-hydrogen) atoms. The highest BCUT2D eigenvalue weighted by Gasteiger charge is 2.25. The zero-order valence-corrected chi connectivity index (χ0v) is 9.60. The van der Waals surface area contributed by atoms with Gasteiger partial charge in [-0.1, -0.05) is 25.4 Å². The van der Waals surface area contributed by atoms with Gasteiger partial charge in [-0.15, -0.1) is 0 Å². The molecule has 0 aromatic carbocycles. The molecule has 3 heteroatoms. The average Bonchev–Trinajstić information content (AvgIpc) is 2.08. The molecule has 1 aliphatic rings. The molecule has 1 aliphatic carbocycles. The van der Waals surface area contributed by atoms with Crippen molar-refractivity contribution in [3.05, 3.63) is 22.2 Å². The molecule has 0 radical (unpaired) electrons. The molecule has 1 aromatic heterocycles. The van der Waals surface area contributed by atoms with Gasteiger partial charge in [0.2, 0.25) is 0 Å². The average molecular weight is 211 g/mol. The first kappa shape index (κ1) is 9.91. The van der Waals surface area contributed by atoms with Gasteiger partial charge in [-0.25, -0.2) is 9.97 Å². The number of hydrogen-bond donors (Lipinski definition) is 0. The van der Waals surface area contributed by atoms with Gasteiger partial charge in [-0.05, 0) is 31.6 Å². The van der Waals surface area contributed by atoms with E-state index in [4.69, 9.17) is 11.6 Å². The summed E-state index contributed by atoms with van der Waals surface area (Å²) in [4.78, 5) is 8.66. The van der Waals surface area contributed by atoms with Gasteiger partial charge < -0.3 is 0 Å². The lowest BCUT2D eigenvalue weighted by atomic mass is 9.80. The maximum Gasteiger partial charge on any atom is 0.136 e. The Balaban J connectivity index is 2.46. The first-order valence-electron chi connectivity index (χ1n) is 5.10. The molecule has 2 unspecified atom stereocenters. The highest BCUT2D eigenvalue weighted by atomic mass is 35.5. The van der Waals surface area contributed by atoms with Gasteiger partial charge in [0, 0.05) is 11.3 Å². The third-order valence-corrected chi connectivity index (χ3v) is 3.48. The fourth-order valence-corrected chi connectivity index (χ4v) is 2.33. The molecular formula is C11H15ClN2. The van der Waals surface area contributed by atoms with E-state index in [0.717, 1.165) is 24.4 Å². The number of hydrogen-bond acceptors (Lipinski definition) is 2. The Morgan fingerprint density at radius 2 is 1.79 bits per heavy atom. The zero-order chi connectivity index (χ0) is 10.3. The standard InChI is InChI=1S/C11H15ClN2/c1-6-4-9-10(5-7(6)2)13-8(3)14-11(9)12/h6-7H,4-5H2,1-3H3. The van der Waals surface area contributed by atoms with Crippen molar-refractivity contribution < 1.29 is 0 Å². The topological polar surface area (TPSA) is 25.8 Å². The highest BCUT2D eigenvalue weighted by molar-refractivity contribution is 6.30. The van der Waals surface area contributed by atoms with E-state index < -0.39 is 0 Å². The predicted molar refractivity (Wildman–Crippen MR) is 57.5 cm³/mol. The first-order chi connectivity index (χ1) is 6.58. The van der Waals surface area contributed by atoms with E-state index in [1.807, 2.05) is 6.92 Å². The maximum atomic E-state index is 6.11. The van der Waals surface area contributed by atoms with Crippen LogP contribution < -0.4 is 0 Å². The predicted octanol–water partition coefficient (Wildman–Crippen LogP) is 2.81. The summed E-state index contributed by atoms with van der Waals surface area (Å²) in [6, 6.07) is 0. The van der Waals surface area contributed by atoms with Crippen molar-refractivity contribution in [1.29, 1.82) is 0 Å². The Morgan fingerprint density at radius 1 is 1.14 bits per heavy atom. The van der Waals surface area contributed by atoms with Crippen LogP contribution in [-0.4, -0.2) is 9.97 Å². The van der Waals surface area contributed by atoms with Gasteiger partial charge in [0.25, 0.3) is 0 Å². The summed E-state index contributed by atoms with van der Waals surface area (Å²) < 4.78 is 0. The van der Waals surface area contributed by atoms with Crippen LogP contribution in [0.15, 0.2) is 0 Å². The van der Waals surface area contributed by atoms with Crippen LogP contribution in [-0.2, 0) is 12.8 Å². The second-order valence-electron chi connectivity index (χ2n) is 4.35. The van der Waals surface area contributed by atoms with Crippen molar-refractivity contribution in [2.24, 2.45) is 11.8 Å². The van der Waals surface area contributed by atoms with Crippen molar-refractivity contribution in [2.45, 2.75) is 33.6 Å². The van der Waals surface area contributed by atoms with E-state index in [9.17, 15) is 0 Å². The summed E-state index contributed by atoms with van der Waals surface area (Å²) in [6.45, 7) is 6.44. The van der Waals surface area contributed by atoms with Crippen LogP contribution in [0.5, 0.6) is 0 Å². The van der Waals surface area contributed by atoms with E-state index in [2.05, 4.69) is 23.8 Å². The minimum absolute atomic E-state index is 0.659. The second-order valence-corrected chi connectivity index (χ2v) is 4.71. The van der Waals surface area contributed by atoms with Crippen molar-refractivity contribution in [1.82, 2.24) is 9.97 Å². The molecule has 76 valence electrons. The smallest absolute Gasteiger partial charge is 0.136 e. The summed E-state index contributed by atoms with van der Waals surface area (Å²) in [5.74, 6) is 2.18. The Bertz CT molecular complexity index is 363. The van der Waals surface area contributed by atoms with Gasteiger partial charge >= 0.3 is 0 Å². The first-order valence-corrected chi connectivity index (χ1v) is 5.47. The summed E-state index contributed by atoms with van der Waals surface area (Å²) in [6.07, 6.45) is 2.06. The molecule has 2 rings (SSSR count). The molecule has 0 amide bonds. The fourth-order valence-electron chi connectivity index (χ4n) is 2.02. The number of aryl methyl sites for hydroxylation is 1. The van der Waals surface area contributed by atoms with Crippen LogP contribution in [0.4, 0.5) is 0 Å². The van der Waals surface area contributed by atoms with Crippen molar-refractivity contribution in [3.63, 3.8) is 0 Å². The van der Waals surface area contributed by atoms with E-state index in [-0.39, 0.29) is 0 Å². The second kappa shape index (κ2) is 3.50. The molecule has 0 saturated heterocycles. The molecule has 0 saturated carbocycles. The number of rotatable bonds is 0. The van der Waals surface area contributed by atoms with Crippen molar-refractivity contribution >= 4 is 11.6 Å². The number of aromatic nitrogens is 2. The lowest BCUT2D eigenvalue weighted by molar-refractivity contribution is 0.355. The highest BCUT2D eigenvalue weighted by Crippen LogP contribution is 2.31. The van der Waals surface area contributed by atoms with Gasteiger partial charge in [0.1, 0.15) is 11.0 Å². The van der Waals surface area contributed by atoms with E-state index >= 15 is 0 Å². The Hall–Kier alpha value is -0.630. The minimum Gasteiger partial charge on any atom is -0.238 e. The monoisotopic (exact) mass is 210 g/mol. The van der Waals surface area contributed by atoms with Crippen molar-refractivity contribution in [2.75, 3.05) is 0 Å². The van der Waals surface area contributed by atoms with Gasteiger partial charge in [0.05, 0.1) is 0 Å². The van der Waals surface area contributed by atoms with Crippen LogP contribution in [0.25, 0.3) is 0 Å². The fraction of sp³-hybridized carbons (Fsp3) is 0.636. The summed E-state index contributed by atoms with van der Waals surface area (Å²) in [5, 5.41) is 0.659. The van der Waals surface area contributed by atoms with Gasteiger partial charge in [-0.3, -0.25) is 0 Å². The van der Waals surface area contributed by atoms with Gasteiger partial charge in [0.15, 0.2) is 0 Å². The van der Waals surface area contributed by atoms with Crippen LogP contribution in [0.2, 0.25) is 5.15 Å². The Kier molecular flexibility index (Phi) is 2.48. The van der Waals surface area contributed by atoms with E-state index in [1.54, 1.807) is 0 Å². The third-order valence-electron chi connectivity index (χ3n) is 3.17. The van der Waals surface area contributed by atoms with Crippen LogP contribution in [0, 0.1) is 18.8 Å². The van der Waals surface area contributed by atoms with Gasteiger partial charge in [-0.2, -0.15) is 0 Å². The molecule has 2 nitrogen and oxygen atoms in total. The van der Waals surface area contributed by atoms with E-state index in [0.29, 0.717) is 17.0 Å². The quantitative estimate of drug-likeness (QED) is 0.616. The molecule has 0 fully saturated rings. The molecule has 0 spiro atoms. The molecule has 1 aromatic rings. The summed E-state index contributed by atoms with van der Waals surface area (Å²) >= 11 is 6.11. The summed E-state index contributed by atoms with van der Waals surface area (Å²) in [5.41, 5.74) is 2.33. The zero-order valence-electron chi connectivity index (χ0n) is 8.84. The Morgan fingerprint density at radius 3 is 2.50 bits per heavy atom. The SMILES string of the molecule is Cc1nc(Cl)c2c(n1)CC(C)C(C)C2. The molecule has 2 atom stereocenters. The largest absolute Gasteiger partial charge is 0.238 e. The van der Waals surface area contributed by atoms with Crippen molar-refractivity contribution in [3.8, 4) is 0 Å². The van der Waals surface area contributed by atoms with Crippen LogP contribution in [0.1, 0.15) is 30.9 Å². The molecule has 1 heterocycles. The third kappa shape index (κ3) is 1.63. The van der Waals surface area contributed by atoms with Crippen LogP contribution >= 0.6 is 11.6 Å². The Labute approximate surface area is 89.7 Å². The summed E-state index contributed by atoms with van der Waals surface area (Å²) in [7, 11) is 0. The minimum atomic E-state index is 0.659. The molecule has 0 N–H and O–H groups in total. The number of fused-ring (bicyclic) bond motifs is 1. The normalized spacial score (nSPS) is 26.0. The lowest BCUT2D eigenvalue weighted by Gasteiger charge is -2.27. The van der Waals surface area contributed by atoms with Crippen LogP contribution in [0.3, 0.4) is 0 Å². The van der Waals surface area contributed by atoms with E-state index in [1.165, 1.54) is 5.56 Å². The molecular weight excluding hydrogens is 196 g/mol. The maximum absolute atomic E-state index is 6.11. The number of nitrogens with zero attached hydrogens (tertiary/aromatic N) is 2.